The Morgan fingerprint density at radius 3 is 3.00 bits per heavy atom. The molecular formula is C17H21NO5. The molecular weight excluding hydrogens is 298 g/mol. The summed E-state index contributed by atoms with van der Waals surface area (Å²) < 4.78 is 16.2. The number of rotatable bonds is 5. The summed E-state index contributed by atoms with van der Waals surface area (Å²) in [4.78, 5) is 25.5. The highest BCUT2D eigenvalue weighted by atomic mass is 16.6. The molecule has 1 aromatic carbocycles. The number of amides is 1. The van der Waals surface area contributed by atoms with Gasteiger partial charge in [0.2, 0.25) is 0 Å². The first-order chi connectivity index (χ1) is 11.2. The number of hydrogen-bond donors (Lipinski definition) is 0. The van der Waals surface area contributed by atoms with E-state index in [2.05, 4.69) is 0 Å². The predicted octanol–water partition coefficient (Wildman–Crippen LogP) is 1.91. The molecule has 6 heteroatoms. The van der Waals surface area contributed by atoms with Gasteiger partial charge in [-0.2, -0.15) is 0 Å². The second-order valence-electron chi connectivity index (χ2n) is 5.72. The molecule has 2 aliphatic rings. The first kappa shape index (κ1) is 15.8. The second kappa shape index (κ2) is 7.46. The zero-order valence-corrected chi connectivity index (χ0v) is 13.0. The van der Waals surface area contributed by atoms with E-state index in [1.165, 1.54) is 0 Å². The minimum atomic E-state index is -0.309. The third-order valence-electron chi connectivity index (χ3n) is 4.05. The van der Waals surface area contributed by atoms with Crippen LogP contribution in [0.3, 0.4) is 0 Å². The van der Waals surface area contributed by atoms with Crippen LogP contribution in [0.15, 0.2) is 24.3 Å². The standard InChI is InChI=1S/C17H21NO5/c19-16-12-22-15-7-2-1-6-14(15)18(16)9-8-17(20)23-11-13-5-3-4-10-21-13/h1-2,6-7,13H,3-5,8-12H2. The van der Waals surface area contributed by atoms with Crippen LogP contribution in [0.25, 0.3) is 0 Å². The molecule has 1 atom stereocenters. The predicted molar refractivity (Wildman–Crippen MR) is 83.5 cm³/mol. The molecule has 124 valence electrons. The smallest absolute Gasteiger partial charge is 0.307 e. The molecule has 0 aromatic heterocycles. The van der Waals surface area contributed by atoms with Gasteiger partial charge in [-0.05, 0) is 31.4 Å². The molecule has 0 bridgehead atoms. The van der Waals surface area contributed by atoms with Crippen molar-refractivity contribution in [3.8, 4) is 5.75 Å². The molecule has 1 fully saturated rings. The van der Waals surface area contributed by atoms with Crippen molar-refractivity contribution >= 4 is 17.6 Å². The van der Waals surface area contributed by atoms with E-state index in [1.807, 2.05) is 24.3 Å². The number of nitrogens with zero attached hydrogens (tertiary/aromatic N) is 1. The Labute approximate surface area is 135 Å². The van der Waals surface area contributed by atoms with E-state index in [1.54, 1.807) is 4.90 Å². The summed E-state index contributed by atoms with van der Waals surface area (Å²) in [6.07, 6.45) is 3.29. The molecule has 2 aliphatic heterocycles. The van der Waals surface area contributed by atoms with E-state index >= 15 is 0 Å². The molecule has 3 rings (SSSR count). The quantitative estimate of drug-likeness (QED) is 0.776. The number of benzene rings is 1. The largest absolute Gasteiger partial charge is 0.482 e. The van der Waals surface area contributed by atoms with Gasteiger partial charge in [0, 0.05) is 13.2 Å². The molecule has 6 nitrogen and oxygen atoms in total. The van der Waals surface area contributed by atoms with E-state index in [0.717, 1.165) is 25.9 Å². The summed E-state index contributed by atoms with van der Waals surface area (Å²) >= 11 is 0. The van der Waals surface area contributed by atoms with Crippen molar-refractivity contribution in [2.75, 3.05) is 31.3 Å². The van der Waals surface area contributed by atoms with Gasteiger partial charge in [0.05, 0.1) is 18.2 Å². The van der Waals surface area contributed by atoms with Gasteiger partial charge in [0.15, 0.2) is 6.61 Å². The lowest BCUT2D eigenvalue weighted by molar-refractivity contribution is -0.148. The average Bonchev–Trinajstić information content (AvgIpc) is 2.60. The fourth-order valence-electron chi connectivity index (χ4n) is 2.80. The van der Waals surface area contributed by atoms with Crippen LogP contribution in [-0.4, -0.2) is 44.3 Å². The van der Waals surface area contributed by atoms with Crippen molar-refractivity contribution in [3.05, 3.63) is 24.3 Å². The van der Waals surface area contributed by atoms with Crippen LogP contribution < -0.4 is 9.64 Å². The number of anilines is 1. The van der Waals surface area contributed by atoms with E-state index in [0.29, 0.717) is 24.6 Å². The van der Waals surface area contributed by atoms with Crippen LogP contribution >= 0.6 is 0 Å². The Balaban J connectivity index is 1.49. The average molecular weight is 319 g/mol. The Morgan fingerprint density at radius 2 is 2.17 bits per heavy atom. The van der Waals surface area contributed by atoms with Crippen LogP contribution in [0.4, 0.5) is 5.69 Å². The Bertz CT molecular complexity index is 568. The van der Waals surface area contributed by atoms with Crippen molar-refractivity contribution < 1.29 is 23.8 Å². The normalized spacial score (nSPS) is 20.6. The van der Waals surface area contributed by atoms with Gasteiger partial charge in [0.25, 0.3) is 5.91 Å². The molecule has 2 heterocycles. The van der Waals surface area contributed by atoms with Gasteiger partial charge in [0.1, 0.15) is 12.4 Å². The Morgan fingerprint density at radius 1 is 1.30 bits per heavy atom. The number of esters is 1. The van der Waals surface area contributed by atoms with Gasteiger partial charge in [-0.25, -0.2) is 0 Å². The Kier molecular flexibility index (Phi) is 5.12. The third-order valence-corrected chi connectivity index (χ3v) is 4.05. The maximum Gasteiger partial charge on any atom is 0.307 e. The van der Waals surface area contributed by atoms with Crippen LogP contribution in [-0.2, 0) is 19.1 Å². The number of para-hydroxylation sites is 2. The van der Waals surface area contributed by atoms with Gasteiger partial charge >= 0.3 is 5.97 Å². The fraction of sp³-hybridized carbons (Fsp3) is 0.529. The van der Waals surface area contributed by atoms with E-state index in [4.69, 9.17) is 14.2 Å². The SMILES string of the molecule is O=C(CCN1C(=O)COc2ccccc21)OCC1CCCCO1. The highest BCUT2D eigenvalue weighted by molar-refractivity contribution is 5.98. The second-order valence-corrected chi connectivity index (χ2v) is 5.72. The number of fused-ring (bicyclic) bond motifs is 1. The monoisotopic (exact) mass is 319 g/mol. The lowest BCUT2D eigenvalue weighted by Crippen LogP contribution is -2.40. The molecule has 1 unspecified atom stereocenters. The van der Waals surface area contributed by atoms with Crippen molar-refractivity contribution in [3.63, 3.8) is 0 Å². The summed E-state index contributed by atoms with van der Waals surface area (Å²) in [5, 5.41) is 0. The number of carbonyl (C=O) groups excluding carboxylic acids is 2. The molecule has 0 radical (unpaired) electrons. The minimum Gasteiger partial charge on any atom is -0.482 e. The third kappa shape index (κ3) is 4.01. The first-order valence-electron chi connectivity index (χ1n) is 8.03. The van der Waals surface area contributed by atoms with Crippen molar-refractivity contribution in [1.29, 1.82) is 0 Å². The van der Waals surface area contributed by atoms with E-state index < -0.39 is 0 Å². The molecule has 1 saturated heterocycles. The summed E-state index contributed by atoms with van der Waals surface area (Å²) in [5.74, 6) is 0.208. The lowest BCUT2D eigenvalue weighted by Gasteiger charge is -2.29. The topological polar surface area (TPSA) is 65.1 Å². The number of carbonyl (C=O) groups is 2. The molecule has 1 aromatic rings. The lowest BCUT2D eigenvalue weighted by atomic mass is 10.1. The molecule has 0 spiro atoms. The minimum absolute atomic E-state index is 0.00196. The fourth-order valence-corrected chi connectivity index (χ4v) is 2.80. The van der Waals surface area contributed by atoms with Crippen LogP contribution in [0.5, 0.6) is 5.75 Å². The van der Waals surface area contributed by atoms with Crippen LogP contribution in [0.1, 0.15) is 25.7 Å². The summed E-state index contributed by atoms with van der Waals surface area (Å²) in [6.45, 7) is 1.33. The van der Waals surface area contributed by atoms with Gasteiger partial charge in [-0.15, -0.1) is 0 Å². The maximum atomic E-state index is 12.0. The first-order valence-corrected chi connectivity index (χ1v) is 8.03. The summed E-state index contributed by atoms with van der Waals surface area (Å²) in [6, 6.07) is 7.32. The van der Waals surface area contributed by atoms with Crippen LogP contribution in [0, 0.1) is 0 Å². The summed E-state index contributed by atoms with van der Waals surface area (Å²) in [5.41, 5.74) is 0.701. The molecule has 0 aliphatic carbocycles. The molecule has 0 N–H and O–H groups in total. The highest BCUT2D eigenvalue weighted by Gasteiger charge is 2.25. The molecule has 0 saturated carbocycles. The van der Waals surface area contributed by atoms with E-state index in [9.17, 15) is 9.59 Å². The van der Waals surface area contributed by atoms with Crippen LogP contribution in [0.2, 0.25) is 0 Å². The van der Waals surface area contributed by atoms with Gasteiger partial charge < -0.3 is 19.1 Å². The number of ether oxygens (including phenoxy) is 3. The zero-order valence-electron chi connectivity index (χ0n) is 13.0. The highest BCUT2D eigenvalue weighted by Crippen LogP contribution is 2.31. The van der Waals surface area contributed by atoms with Gasteiger partial charge in [-0.3, -0.25) is 9.59 Å². The van der Waals surface area contributed by atoms with Gasteiger partial charge in [-0.1, -0.05) is 12.1 Å². The molecule has 1 amide bonds. The van der Waals surface area contributed by atoms with E-state index in [-0.39, 0.29) is 31.0 Å². The number of hydrogen-bond acceptors (Lipinski definition) is 5. The van der Waals surface area contributed by atoms with Crippen molar-refractivity contribution in [2.24, 2.45) is 0 Å². The molecule has 23 heavy (non-hydrogen) atoms. The Hall–Kier alpha value is -2.08. The maximum absolute atomic E-state index is 12.0. The summed E-state index contributed by atoms with van der Waals surface area (Å²) in [7, 11) is 0. The van der Waals surface area contributed by atoms with Crippen molar-refractivity contribution in [2.45, 2.75) is 31.8 Å². The van der Waals surface area contributed by atoms with Crippen molar-refractivity contribution in [1.82, 2.24) is 0 Å². The zero-order chi connectivity index (χ0) is 16.1.